The lowest BCUT2D eigenvalue weighted by molar-refractivity contribution is 0.0433. The molecule has 2 fully saturated rings. The molecule has 3 heteroatoms. The highest BCUT2D eigenvalue weighted by Gasteiger charge is 2.36. The zero-order chi connectivity index (χ0) is 11.5. The lowest BCUT2D eigenvalue weighted by Gasteiger charge is -2.40. The quantitative estimate of drug-likeness (QED) is 0.765. The van der Waals surface area contributed by atoms with Gasteiger partial charge in [0.1, 0.15) is 0 Å². The van der Waals surface area contributed by atoms with E-state index in [0.29, 0.717) is 12.0 Å². The van der Waals surface area contributed by atoms with Crippen LogP contribution in [0.4, 0.5) is 0 Å². The summed E-state index contributed by atoms with van der Waals surface area (Å²) in [5, 5.41) is 3.66. The summed E-state index contributed by atoms with van der Waals surface area (Å²) in [5.74, 6) is 1.64. The number of ether oxygens (including phenoxy) is 1. The molecule has 94 valence electrons. The molecule has 1 aliphatic carbocycles. The maximum absolute atomic E-state index is 5.37. The zero-order valence-electron chi connectivity index (χ0n) is 10.9. The molecular formula is C13H26N2O. The van der Waals surface area contributed by atoms with Crippen LogP contribution in [0.5, 0.6) is 0 Å². The first-order valence-electron chi connectivity index (χ1n) is 6.68. The van der Waals surface area contributed by atoms with E-state index in [4.69, 9.17) is 4.74 Å². The van der Waals surface area contributed by atoms with Crippen molar-refractivity contribution in [2.45, 2.75) is 38.8 Å². The van der Waals surface area contributed by atoms with Crippen molar-refractivity contribution in [3.05, 3.63) is 0 Å². The summed E-state index contributed by atoms with van der Waals surface area (Å²) in [7, 11) is 1.82. The van der Waals surface area contributed by atoms with Gasteiger partial charge >= 0.3 is 0 Å². The van der Waals surface area contributed by atoms with Crippen LogP contribution in [-0.4, -0.2) is 50.3 Å². The Kier molecular flexibility index (Phi) is 4.22. The Morgan fingerprint density at radius 1 is 1.38 bits per heavy atom. The van der Waals surface area contributed by atoms with E-state index in [1.165, 1.54) is 25.9 Å². The van der Waals surface area contributed by atoms with Gasteiger partial charge < -0.3 is 10.1 Å². The molecule has 0 aromatic heterocycles. The molecule has 0 aromatic rings. The average Bonchev–Trinajstić information content (AvgIpc) is 3.09. The monoisotopic (exact) mass is 226 g/mol. The summed E-state index contributed by atoms with van der Waals surface area (Å²) < 4.78 is 5.37. The normalized spacial score (nSPS) is 29.6. The van der Waals surface area contributed by atoms with Gasteiger partial charge in [0, 0.05) is 38.8 Å². The van der Waals surface area contributed by atoms with Crippen molar-refractivity contribution < 1.29 is 4.74 Å². The summed E-state index contributed by atoms with van der Waals surface area (Å²) >= 11 is 0. The fourth-order valence-corrected chi connectivity index (χ4v) is 2.81. The average molecular weight is 226 g/mol. The van der Waals surface area contributed by atoms with Crippen molar-refractivity contribution in [3.8, 4) is 0 Å². The minimum absolute atomic E-state index is 0.591. The number of methoxy groups -OCH3 is 1. The van der Waals surface area contributed by atoms with Gasteiger partial charge in [0.05, 0.1) is 6.61 Å². The summed E-state index contributed by atoms with van der Waals surface area (Å²) in [6, 6.07) is 1.33. The Hall–Kier alpha value is -0.120. The van der Waals surface area contributed by atoms with Crippen LogP contribution in [-0.2, 0) is 4.74 Å². The predicted molar refractivity (Wildman–Crippen MR) is 66.6 cm³/mol. The van der Waals surface area contributed by atoms with E-state index in [-0.39, 0.29) is 0 Å². The van der Waals surface area contributed by atoms with Crippen molar-refractivity contribution in [3.63, 3.8) is 0 Å². The predicted octanol–water partition coefficient (Wildman–Crippen LogP) is 1.34. The molecule has 1 aliphatic heterocycles. The largest absolute Gasteiger partial charge is 0.383 e. The Morgan fingerprint density at radius 2 is 2.12 bits per heavy atom. The van der Waals surface area contributed by atoms with E-state index < -0.39 is 0 Å². The fourth-order valence-electron chi connectivity index (χ4n) is 2.81. The molecule has 3 nitrogen and oxygen atoms in total. The molecule has 1 saturated carbocycles. The second kappa shape index (κ2) is 5.48. The minimum Gasteiger partial charge on any atom is -0.383 e. The summed E-state index contributed by atoms with van der Waals surface area (Å²) in [6.07, 6.45) is 2.87. The van der Waals surface area contributed by atoms with Gasteiger partial charge in [-0.1, -0.05) is 13.8 Å². The van der Waals surface area contributed by atoms with Crippen LogP contribution >= 0.6 is 0 Å². The van der Waals surface area contributed by atoms with Crippen molar-refractivity contribution in [2.75, 3.05) is 33.4 Å². The standard InChI is InChI=1S/C13H26N2O/c1-10(2)13(9-16-3)15-7-6-14-12(8-15)11-4-5-11/h10-14H,4-9H2,1-3H3. The van der Waals surface area contributed by atoms with Crippen molar-refractivity contribution >= 4 is 0 Å². The molecule has 1 saturated heterocycles. The SMILES string of the molecule is COCC(C(C)C)N1CCNC(C2CC2)C1. The molecule has 2 atom stereocenters. The van der Waals surface area contributed by atoms with E-state index in [1.807, 2.05) is 7.11 Å². The lowest BCUT2D eigenvalue weighted by Crippen LogP contribution is -2.56. The number of rotatable bonds is 5. The van der Waals surface area contributed by atoms with Crippen LogP contribution in [0.15, 0.2) is 0 Å². The Labute approximate surface area is 99.5 Å². The summed E-state index contributed by atoms with van der Waals surface area (Å²) in [6.45, 7) is 9.02. The Balaban J connectivity index is 1.89. The van der Waals surface area contributed by atoms with E-state index in [0.717, 1.165) is 25.1 Å². The molecule has 0 radical (unpaired) electrons. The summed E-state index contributed by atoms with van der Waals surface area (Å²) in [5.41, 5.74) is 0. The maximum Gasteiger partial charge on any atom is 0.0620 e. The summed E-state index contributed by atoms with van der Waals surface area (Å²) in [4.78, 5) is 2.63. The molecule has 1 N–H and O–H groups in total. The van der Waals surface area contributed by atoms with Gasteiger partial charge in [-0.3, -0.25) is 4.90 Å². The second-order valence-electron chi connectivity index (χ2n) is 5.66. The molecular weight excluding hydrogens is 200 g/mol. The topological polar surface area (TPSA) is 24.5 Å². The molecule has 2 aliphatic rings. The van der Waals surface area contributed by atoms with Crippen LogP contribution < -0.4 is 5.32 Å². The Morgan fingerprint density at radius 3 is 2.69 bits per heavy atom. The van der Waals surface area contributed by atoms with Gasteiger partial charge in [0.2, 0.25) is 0 Å². The van der Waals surface area contributed by atoms with Gasteiger partial charge in [-0.2, -0.15) is 0 Å². The Bertz CT molecular complexity index is 216. The van der Waals surface area contributed by atoms with E-state index >= 15 is 0 Å². The highest BCUT2D eigenvalue weighted by atomic mass is 16.5. The highest BCUT2D eigenvalue weighted by molar-refractivity contribution is 4.93. The van der Waals surface area contributed by atoms with Gasteiger partial charge in [-0.25, -0.2) is 0 Å². The van der Waals surface area contributed by atoms with Gasteiger partial charge in [0.15, 0.2) is 0 Å². The first kappa shape index (κ1) is 12.3. The third kappa shape index (κ3) is 2.96. The van der Waals surface area contributed by atoms with E-state index in [2.05, 4.69) is 24.1 Å². The molecule has 2 unspecified atom stereocenters. The van der Waals surface area contributed by atoms with Crippen LogP contribution in [0.25, 0.3) is 0 Å². The molecule has 2 rings (SSSR count). The van der Waals surface area contributed by atoms with Crippen molar-refractivity contribution in [1.82, 2.24) is 10.2 Å². The van der Waals surface area contributed by atoms with Crippen LogP contribution in [0.1, 0.15) is 26.7 Å². The third-order valence-corrected chi connectivity index (χ3v) is 4.00. The smallest absolute Gasteiger partial charge is 0.0620 e. The molecule has 1 heterocycles. The number of hydrogen-bond donors (Lipinski definition) is 1. The minimum atomic E-state index is 0.591. The number of nitrogens with one attached hydrogen (secondary N) is 1. The molecule has 0 amide bonds. The second-order valence-corrected chi connectivity index (χ2v) is 5.66. The highest BCUT2D eigenvalue weighted by Crippen LogP contribution is 2.34. The fraction of sp³-hybridized carbons (Fsp3) is 1.00. The number of piperazine rings is 1. The first-order chi connectivity index (χ1) is 7.72. The van der Waals surface area contributed by atoms with Crippen LogP contribution in [0, 0.1) is 11.8 Å². The van der Waals surface area contributed by atoms with Crippen LogP contribution in [0.2, 0.25) is 0 Å². The zero-order valence-corrected chi connectivity index (χ0v) is 10.9. The number of hydrogen-bond acceptors (Lipinski definition) is 3. The lowest BCUT2D eigenvalue weighted by atomic mass is 10.0. The molecule has 0 spiro atoms. The van der Waals surface area contributed by atoms with Crippen molar-refractivity contribution in [2.24, 2.45) is 11.8 Å². The van der Waals surface area contributed by atoms with E-state index in [1.54, 1.807) is 0 Å². The van der Waals surface area contributed by atoms with Gasteiger partial charge in [-0.15, -0.1) is 0 Å². The van der Waals surface area contributed by atoms with Gasteiger partial charge in [-0.05, 0) is 24.7 Å². The first-order valence-corrected chi connectivity index (χ1v) is 6.68. The molecule has 16 heavy (non-hydrogen) atoms. The maximum atomic E-state index is 5.37. The third-order valence-electron chi connectivity index (χ3n) is 4.00. The molecule has 0 bridgehead atoms. The van der Waals surface area contributed by atoms with E-state index in [9.17, 15) is 0 Å². The van der Waals surface area contributed by atoms with Crippen LogP contribution in [0.3, 0.4) is 0 Å². The van der Waals surface area contributed by atoms with Gasteiger partial charge in [0.25, 0.3) is 0 Å². The number of nitrogens with zero attached hydrogens (tertiary/aromatic N) is 1. The van der Waals surface area contributed by atoms with Crippen molar-refractivity contribution in [1.29, 1.82) is 0 Å². The molecule has 0 aromatic carbocycles.